The number of carbonyl (C=O) groups is 1. The SMILES string of the molecule is CCOc1ccc(C(C)NC(=O)c2ccc(N3CCCC3)c([N+](=O)[O-])c2)cc1OCC. The lowest BCUT2D eigenvalue weighted by Gasteiger charge is -2.19. The van der Waals surface area contributed by atoms with Crippen LogP contribution in [-0.2, 0) is 0 Å². The summed E-state index contributed by atoms with van der Waals surface area (Å²) in [6.45, 7) is 8.27. The van der Waals surface area contributed by atoms with E-state index in [1.165, 1.54) is 6.07 Å². The van der Waals surface area contributed by atoms with Crippen molar-refractivity contribution in [2.75, 3.05) is 31.2 Å². The minimum absolute atomic E-state index is 0.0399. The van der Waals surface area contributed by atoms with Gasteiger partial charge in [-0.15, -0.1) is 0 Å². The summed E-state index contributed by atoms with van der Waals surface area (Å²) >= 11 is 0. The molecule has 8 nitrogen and oxygen atoms in total. The molecule has 31 heavy (non-hydrogen) atoms. The van der Waals surface area contributed by atoms with Gasteiger partial charge in [-0.25, -0.2) is 0 Å². The Kier molecular flexibility index (Phi) is 7.33. The highest BCUT2D eigenvalue weighted by atomic mass is 16.6. The molecule has 1 fully saturated rings. The standard InChI is InChI=1S/C23H29N3O5/c1-4-30-21-11-9-17(15-22(21)31-5-2)16(3)24-23(27)18-8-10-19(20(14-18)26(28)29)25-12-6-7-13-25/h8-11,14-16H,4-7,12-13H2,1-3H3,(H,24,27). The number of anilines is 1. The van der Waals surface area contributed by atoms with E-state index >= 15 is 0 Å². The van der Waals surface area contributed by atoms with Gasteiger partial charge >= 0.3 is 0 Å². The minimum Gasteiger partial charge on any atom is -0.490 e. The molecule has 0 saturated carbocycles. The van der Waals surface area contributed by atoms with Gasteiger partial charge in [-0.2, -0.15) is 0 Å². The molecule has 2 aromatic rings. The Morgan fingerprint density at radius 3 is 2.42 bits per heavy atom. The minimum atomic E-state index is -0.422. The van der Waals surface area contributed by atoms with Crippen molar-refractivity contribution >= 4 is 17.3 Å². The maximum absolute atomic E-state index is 12.8. The molecule has 1 saturated heterocycles. The van der Waals surface area contributed by atoms with Crippen molar-refractivity contribution in [3.05, 3.63) is 57.6 Å². The van der Waals surface area contributed by atoms with Crippen molar-refractivity contribution < 1.29 is 19.2 Å². The molecule has 1 unspecified atom stereocenters. The molecular weight excluding hydrogens is 398 g/mol. The van der Waals surface area contributed by atoms with Crippen molar-refractivity contribution in [3.63, 3.8) is 0 Å². The summed E-state index contributed by atoms with van der Waals surface area (Å²) in [6, 6.07) is 9.90. The molecule has 8 heteroatoms. The van der Waals surface area contributed by atoms with Crippen molar-refractivity contribution in [3.8, 4) is 11.5 Å². The summed E-state index contributed by atoms with van der Waals surface area (Å²) in [5, 5.41) is 14.5. The molecule has 2 aromatic carbocycles. The van der Waals surface area contributed by atoms with Gasteiger partial charge in [0.25, 0.3) is 11.6 Å². The zero-order valence-electron chi connectivity index (χ0n) is 18.2. The maximum Gasteiger partial charge on any atom is 0.293 e. The van der Waals surface area contributed by atoms with Gasteiger partial charge in [0.2, 0.25) is 0 Å². The first-order valence-corrected chi connectivity index (χ1v) is 10.7. The fraction of sp³-hybridized carbons (Fsp3) is 0.435. The molecule has 1 N–H and O–H groups in total. The smallest absolute Gasteiger partial charge is 0.293 e. The largest absolute Gasteiger partial charge is 0.490 e. The van der Waals surface area contributed by atoms with E-state index in [1.54, 1.807) is 12.1 Å². The van der Waals surface area contributed by atoms with Crippen LogP contribution in [0.5, 0.6) is 11.5 Å². The Labute approximate surface area is 182 Å². The second-order valence-corrected chi connectivity index (χ2v) is 7.42. The van der Waals surface area contributed by atoms with E-state index in [0.29, 0.717) is 30.4 Å². The number of nitrogens with zero attached hydrogens (tertiary/aromatic N) is 2. The Morgan fingerprint density at radius 2 is 1.77 bits per heavy atom. The zero-order chi connectivity index (χ0) is 22.4. The highest BCUT2D eigenvalue weighted by Gasteiger charge is 2.24. The Morgan fingerprint density at radius 1 is 1.10 bits per heavy atom. The van der Waals surface area contributed by atoms with E-state index in [4.69, 9.17) is 9.47 Å². The third-order valence-electron chi connectivity index (χ3n) is 5.30. The average Bonchev–Trinajstić information content (AvgIpc) is 3.29. The topological polar surface area (TPSA) is 93.9 Å². The number of nitrogens with one attached hydrogen (secondary N) is 1. The summed E-state index contributed by atoms with van der Waals surface area (Å²) < 4.78 is 11.2. The molecule has 1 aliphatic rings. The first-order valence-electron chi connectivity index (χ1n) is 10.7. The number of benzene rings is 2. The molecule has 0 bridgehead atoms. The Bertz CT molecular complexity index is 941. The van der Waals surface area contributed by atoms with Crippen LogP contribution in [0.1, 0.15) is 55.6 Å². The van der Waals surface area contributed by atoms with Crippen LogP contribution in [0.2, 0.25) is 0 Å². The molecule has 0 spiro atoms. The number of nitro benzene ring substituents is 1. The van der Waals surface area contributed by atoms with Crippen LogP contribution in [0, 0.1) is 10.1 Å². The summed E-state index contributed by atoms with van der Waals surface area (Å²) in [5.41, 5.74) is 1.64. The fourth-order valence-corrected chi connectivity index (χ4v) is 3.74. The molecule has 3 rings (SSSR count). The highest BCUT2D eigenvalue weighted by Crippen LogP contribution is 2.33. The molecule has 1 amide bonds. The lowest BCUT2D eigenvalue weighted by molar-refractivity contribution is -0.384. The first-order chi connectivity index (χ1) is 14.9. The van der Waals surface area contributed by atoms with E-state index in [0.717, 1.165) is 31.5 Å². The number of amides is 1. The van der Waals surface area contributed by atoms with E-state index in [9.17, 15) is 14.9 Å². The van der Waals surface area contributed by atoms with E-state index < -0.39 is 4.92 Å². The Balaban J connectivity index is 1.78. The molecule has 0 aromatic heterocycles. The third-order valence-corrected chi connectivity index (χ3v) is 5.30. The highest BCUT2D eigenvalue weighted by molar-refractivity contribution is 5.96. The van der Waals surface area contributed by atoms with Crippen molar-refractivity contribution in [1.29, 1.82) is 0 Å². The summed E-state index contributed by atoms with van der Waals surface area (Å²) in [7, 11) is 0. The van der Waals surface area contributed by atoms with Crippen LogP contribution in [-0.4, -0.2) is 37.1 Å². The number of rotatable bonds is 9. The maximum atomic E-state index is 12.8. The third kappa shape index (κ3) is 5.25. The molecule has 1 atom stereocenters. The van der Waals surface area contributed by atoms with Crippen molar-refractivity contribution in [1.82, 2.24) is 5.32 Å². The van der Waals surface area contributed by atoms with Crippen LogP contribution in [0.3, 0.4) is 0 Å². The van der Waals surface area contributed by atoms with Crippen LogP contribution in [0.4, 0.5) is 11.4 Å². The number of carbonyl (C=O) groups excluding carboxylic acids is 1. The fourth-order valence-electron chi connectivity index (χ4n) is 3.74. The lowest BCUT2D eigenvalue weighted by Crippen LogP contribution is -2.27. The van der Waals surface area contributed by atoms with Crippen molar-refractivity contribution in [2.45, 2.75) is 39.7 Å². The number of hydrogen-bond donors (Lipinski definition) is 1. The monoisotopic (exact) mass is 427 g/mol. The summed E-state index contributed by atoms with van der Waals surface area (Å²) in [5.74, 6) is 0.906. The second-order valence-electron chi connectivity index (χ2n) is 7.42. The molecule has 0 radical (unpaired) electrons. The van der Waals surface area contributed by atoms with Crippen LogP contribution < -0.4 is 19.7 Å². The van der Waals surface area contributed by atoms with E-state index in [2.05, 4.69) is 5.32 Å². The predicted molar refractivity (Wildman–Crippen MR) is 119 cm³/mol. The van der Waals surface area contributed by atoms with Gasteiger partial charge in [0.15, 0.2) is 11.5 Å². The quantitative estimate of drug-likeness (QED) is 0.468. The van der Waals surface area contributed by atoms with E-state index in [1.807, 2.05) is 43.9 Å². The van der Waals surface area contributed by atoms with Gasteiger partial charge in [-0.3, -0.25) is 14.9 Å². The number of ether oxygens (including phenoxy) is 2. The molecule has 1 heterocycles. The molecule has 0 aliphatic carbocycles. The number of nitro groups is 1. The van der Waals surface area contributed by atoms with E-state index in [-0.39, 0.29) is 23.2 Å². The zero-order valence-corrected chi connectivity index (χ0v) is 18.2. The van der Waals surface area contributed by atoms with Gasteiger partial charge in [0.05, 0.1) is 24.2 Å². The van der Waals surface area contributed by atoms with Crippen LogP contribution >= 0.6 is 0 Å². The van der Waals surface area contributed by atoms with Crippen LogP contribution in [0.25, 0.3) is 0 Å². The first kappa shape index (κ1) is 22.4. The lowest BCUT2D eigenvalue weighted by atomic mass is 10.1. The normalized spacial score (nSPS) is 14.2. The van der Waals surface area contributed by atoms with Gasteiger partial charge in [0.1, 0.15) is 5.69 Å². The van der Waals surface area contributed by atoms with Gasteiger partial charge in [-0.05, 0) is 63.4 Å². The van der Waals surface area contributed by atoms with Gasteiger partial charge in [0, 0.05) is 24.7 Å². The summed E-state index contributed by atoms with van der Waals surface area (Å²) in [4.78, 5) is 26.0. The molecule has 1 aliphatic heterocycles. The average molecular weight is 428 g/mol. The predicted octanol–water partition coefficient (Wildman–Crippen LogP) is 4.48. The van der Waals surface area contributed by atoms with Gasteiger partial charge < -0.3 is 19.7 Å². The van der Waals surface area contributed by atoms with Crippen molar-refractivity contribution in [2.24, 2.45) is 0 Å². The second kappa shape index (κ2) is 10.1. The number of hydrogen-bond acceptors (Lipinski definition) is 6. The molecule has 166 valence electrons. The molecular formula is C23H29N3O5. The Hall–Kier alpha value is -3.29. The van der Waals surface area contributed by atoms with Gasteiger partial charge in [-0.1, -0.05) is 6.07 Å². The summed E-state index contributed by atoms with van der Waals surface area (Å²) in [6.07, 6.45) is 2.03. The van der Waals surface area contributed by atoms with Crippen LogP contribution in [0.15, 0.2) is 36.4 Å².